The molecule has 0 unspecified atom stereocenters. The molecule has 0 saturated heterocycles. The Morgan fingerprint density at radius 2 is 2.00 bits per heavy atom. The second kappa shape index (κ2) is 4.10. The normalized spacial score (nSPS) is 10.1. The SMILES string of the molecule is C=C(NC)c1ccc(-n2ccc(N)n2)cc1. The van der Waals surface area contributed by atoms with E-state index in [2.05, 4.69) is 17.0 Å². The fraction of sp³-hybridized carbons (Fsp3) is 0.0833. The Kier molecular flexibility index (Phi) is 2.64. The molecule has 0 spiro atoms. The molecule has 0 amide bonds. The number of benzene rings is 1. The highest BCUT2D eigenvalue weighted by molar-refractivity contribution is 5.62. The number of nitrogens with two attached hydrogens (primary N) is 1. The summed E-state index contributed by atoms with van der Waals surface area (Å²) in [4.78, 5) is 0. The lowest BCUT2D eigenvalue weighted by Gasteiger charge is -2.06. The summed E-state index contributed by atoms with van der Waals surface area (Å²) in [5.41, 5.74) is 8.49. The third-order valence-electron chi connectivity index (χ3n) is 2.39. The van der Waals surface area contributed by atoms with Gasteiger partial charge in [0.25, 0.3) is 0 Å². The molecule has 1 heterocycles. The minimum absolute atomic E-state index is 0.517. The molecule has 0 bridgehead atoms. The van der Waals surface area contributed by atoms with Crippen molar-refractivity contribution in [2.45, 2.75) is 0 Å². The number of hydrogen-bond acceptors (Lipinski definition) is 3. The molecule has 4 heteroatoms. The van der Waals surface area contributed by atoms with Gasteiger partial charge in [-0.2, -0.15) is 5.10 Å². The smallest absolute Gasteiger partial charge is 0.145 e. The highest BCUT2D eigenvalue weighted by Gasteiger charge is 2.00. The average molecular weight is 214 g/mol. The Bertz CT molecular complexity index is 496. The van der Waals surface area contributed by atoms with Gasteiger partial charge in [-0.15, -0.1) is 0 Å². The zero-order chi connectivity index (χ0) is 11.5. The second-order valence-electron chi connectivity index (χ2n) is 3.46. The van der Waals surface area contributed by atoms with Gasteiger partial charge in [0.2, 0.25) is 0 Å². The highest BCUT2D eigenvalue weighted by Crippen LogP contribution is 2.13. The molecule has 82 valence electrons. The first kappa shape index (κ1) is 10.3. The quantitative estimate of drug-likeness (QED) is 0.816. The summed E-state index contributed by atoms with van der Waals surface area (Å²) in [5, 5.41) is 7.14. The van der Waals surface area contributed by atoms with Crippen molar-refractivity contribution in [1.82, 2.24) is 15.1 Å². The van der Waals surface area contributed by atoms with E-state index in [0.29, 0.717) is 5.82 Å². The van der Waals surface area contributed by atoms with Gasteiger partial charge in [0.1, 0.15) is 5.82 Å². The number of aromatic nitrogens is 2. The monoisotopic (exact) mass is 214 g/mol. The van der Waals surface area contributed by atoms with Crippen LogP contribution in [-0.2, 0) is 0 Å². The van der Waals surface area contributed by atoms with Crippen LogP contribution in [0.25, 0.3) is 11.4 Å². The summed E-state index contributed by atoms with van der Waals surface area (Å²) < 4.78 is 1.74. The summed E-state index contributed by atoms with van der Waals surface area (Å²) in [6, 6.07) is 9.70. The number of nitrogens with one attached hydrogen (secondary N) is 1. The second-order valence-corrected chi connectivity index (χ2v) is 3.46. The van der Waals surface area contributed by atoms with Crippen LogP contribution in [0.3, 0.4) is 0 Å². The van der Waals surface area contributed by atoms with Crippen LogP contribution >= 0.6 is 0 Å². The fourth-order valence-corrected chi connectivity index (χ4v) is 1.44. The summed E-state index contributed by atoms with van der Waals surface area (Å²) in [6.07, 6.45) is 1.83. The Hall–Kier alpha value is -2.23. The molecule has 0 radical (unpaired) electrons. The minimum atomic E-state index is 0.517. The zero-order valence-electron chi connectivity index (χ0n) is 9.14. The molecule has 0 aliphatic rings. The Balaban J connectivity index is 2.29. The van der Waals surface area contributed by atoms with E-state index in [1.165, 1.54) is 0 Å². The van der Waals surface area contributed by atoms with Crippen molar-refractivity contribution < 1.29 is 0 Å². The van der Waals surface area contributed by atoms with Gasteiger partial charge in [-0.1, -0.05) is 18.7 Å². The number of anilines is 1. The van der Waals surface area contributed by atoms with Crippen molar-refractivity contribution >= 4 is 11.5 Å². The standard InChI is InChI=1S/C12H14N4/c1-9(14-2)10-3-5-11(6-4-10)16-8-7-12(13)15-16/h3-8,14H,1H2,2H3,(H2,13,15). The Morgan fingerprint density at radius 1 is 1.31 bits per heavy atom. The summed E-state index contributed by atoms with van der Waals surface area (Å²) in [5.74, 6) is 0.517. The molecule has 0 aliphatic heterocycles. The minimum Gasteiger partial charge on any atom is -0.388 e. The fourth-order valence-electron chi connectivity index (χ4n) is 1.44. The summed E-state index contributed by atoms with van der Waals surface area (Å²) >= 11 is 0. The predicted octanol–water partition coefficient (Wildman–Crippen LogP) is 1.64. The van der Waals surface area contributed by atoms with Gasteiger partial charge in [-0.05, 0) is 17.7 Å². The van der Waals surface area contributed by atoms with E-state index in [9.17, 15) is 0 Å². The molecule has 0 fully saturated rings. The summed E-state index contributed by atoms with van der Waals surface area (Å²) in [7, 11) is 1.85. The average Bonchev–Trinajstić information content (AvgIpc) is 2.75. The summed E-state index contributed by atoms with van der Waals surface area (Å²) in [6.45, 7) is 3.90. The molecule has 1 aromatic heterocycles. The number of hydrogen-bond donors (Lipinski definition) is 2. The molecular formula is C12H14N4. The van der Waals surface area contributed by atoms with E-state index in [1.54, 1.807) is 10.7 Å². The third-order valence-corrected chi connectivity index (χ3v) is 2.39. The van der Waals surface area contributed by atoms with Crippen molar-refractivity contribution in [1.29, 1.82) is 0 Å². The van der Waals surface area contributed by atoms with Crippen LogP contribution in [0.5, 0.6) is 0 Å². The molecule has 2 rings (SSSR count). The molecule has 2 aromatic rings. The maximum absolute atomic E-state index is 5.56. The molecule has 1 aromatic carbocycles. The van der Waals surface area contributed by atoms with Crippen molar-refractivity contribution in [2.24, 2.45) is 0 Å². The molecular weight excluding hydrogens is 200 g/mol. The predicted molar refractivity (Wildman–Crippen MR) is 66.1 cm³/mol. The molecule has 4 nitrogen and oxygen atoms in total. The number of rotatable bonds is 3. The lowest BCUT2D eigenvalue weighted by molar-refractivity contribution is 0.885. The van der Waals surface area contributed by atoms with Gasteiger partial charge in [0, 0.05) is 25.0 Å². The van der Waals surface area contributed by atoms with Gasteiger partial charge >= 0.3 is 0 Å². The van der Waals surface area contributed by atoms with Gasteiger partial charge < -0.3 is 11.1 Å². The van der Waals surface area contributed by atoms with Crippen molar-refractivity contribution in [3.05, 3.63) is 48.7 Å². The van der Waals surface area contributed by atoms with E-state index in [-0.39, 0.29) is 0 Å². The van der Waals surface area contributed by atoms with Crippen LogP contribution in [0.1, 0.15) is 5.56 Å². The maximum Gasteiger partial charge on any atom is 0.145 e. The van der Waals surface area contributed by atoms with Crippen LogP contribution in [0.4, 0.5) is 5.82 Å². The van der Waals surface area contributed by atoms with Gasteiger partial charge in [0.15, 0.2) is 0 Å². The molecule has 3 N–H and O–H groups in total. The zero-order valence-corrected chi connectivity index (χ0v) is 9.14. The van der Waals surface area contributed by atoms with E-state index in [4.69, 9.17) is 5.73 Å². The first-order valence-corrected chi connectivity index (χ1v) is 4.99. The van der Waals surface area contributed by atoms with Gasteiger partial charge in [-0.3, -0.25) is 0 Å². The molecule has 0 saturated carbocycles. The van der Waals surface area contributed by atoms with Crippen molar-refractivity contribution in [3.8, 4) is 5.69 Å². The number of nitrogens with zero attached hydrogens (tertiary/aromatic N) is 2. The van der Waals surface area contributed by atoms with E-state index in [0.717, 1.165) is 16.9 Å². The van der Waals surface area contributed by atoms with Crippen LogP contribution in [0.15, 0.2) is 43.1 Å². The number of nitrogen functional groups attached to an aromatic ring is 1. The largest absolute Gasteiger partial charge is 0.388 e. The van der Waals surface area contributed by atoms with Crippen LogP contribution in [0.2, 0.25) is 0 Å². The van der Waals surface area contributed by atoms with Gasteiger partial charge in [0.05, 0.1) is 5.69 Å². The van der Waals surface area contributed by atoms with Crippen LogP contribution in [-0.4, -0.2) is 16.8 Å². The van der Waals surface area contributed by atoms with E-state index >= 15 is 0 Å². The highest BCUT2D eigenvalue weighted by atomic mass is 15.3. The molecule has 16 heavy (non-hydrogen) atoms. The third kappa shape index (κ3) is 1.91. The van der Waals surface area contributed by atoms with E-state index in [1.807, 2.05) is 37.5 Å². The topological polar surface area (TPSA) is 55.9 Å². The lowest BCUT2D eigenvalue weighted by Crippen LogP contribution is -2.03. The van der Waals surface area contributed by atoms with Crippen LogP contribution < -0.4 is 11.1 Å². The maximum atomic E-state index is 5.56. The first-order valence-electron chi connectivity index (χ1n) is 4.99. The van der Waals surface area contributed by atoms with Crippen molar-refractivity contribution in [3.63, 3.8) is 0 Å². The first-order chi connectivity index (χ1) is 7.70. The van der Waals surface area contributed by atoms with Gasteiger partial charge in [-0.25, -0.2) is 4.68 Å². The Labute approximate surface area is 94.4 Å². The molecule has 0 aliphatic carbocycles. The van der Waals surface area contributed by atoms with E-state index < -0.39 is 0 Å². The molecule has 0 atom stereocenters. The van der Waals surface area contributed by atoms with Crippen molar-refractivity contribution in [2.75, 3.05) is 12.8 Å². The van der Waals surface area contributed by atoms with Crippen LogP contribution in [0, 0.1) is 0 Å². The Morgan fingerprint density at radius 3 is 2.50 bits per heavy atom. The lowest BCUT2D eigenvalue weighted by atomic mass is 10.1.